The predicted molar refractivity (Wildman–Crippen MR) is 75.0 cm³/mol. The van der Waals surface area contributed by atoms with E-state index < -0.39 is 0 Å². The fraction of sp³-hybridized carbons (Fsp3) is 0.188. The number of nitriles is 1. The molecule has 0 heterocycles. The van der Waals surface area contributed by atoms with Crippen molar-refractivity contribution >= 4 is 11.4 Å². The predicted octanol–water partition coefficient (Wildman–Crippen LogP) is 4.17. The van der Waals surface area contributed by atoms with Crippen molar-refractivity contribution < 1.29 is 0 Å². The van der Waals surface area contributed by atoms with Gasteiger partial charge in [0.15, 0.2) is 0 Å². The quantitative estimate of drug-likeness (QED) is 0.868. The Balaban J connectivity index is 2.40. The van der Waals surface area contributed by atoms with Gasteiger partial charge in [0.2, 0.25) is 0 Å². The van der Waals surface area contributed by atoms with Crippen LogP contribution in [0.4, 0.5) is 11.4 Å². The maximum absolute atomic E-state index is 9.12. The van der Waals surface area contributed by atoms with Crippen molar-refractivity contribution in [2.45, 2.75) is 20.3 Å². The molecule has 0 saturated heterocycles. The van der Waals surface area contributed by atoms with Crippen LogP contribution in [0, 0.1) is 18.3 Å². The van der Waals surface area contributed by atoms with Gasteiger partial charge in [-0.25, -0.2) is 0 Å². The Morgan fingerprint density at radius 2 is 1.89 bits per heavy atom. The fourth-order valence-corrected chi connectivity index (χ4v) is 1.95. The van der Waals surface area contributed by atoms with Crippen LogP contribution in [-0.4, -0.2) is 0 Å². The summed E-state index contributed by atoms with van der Waals surface area (Å²) in [6.45, 7) is 4.15. The monoisotopic (exact) mass is 236 g/mol. The second kappa shape index (κ2) is 5.37. The Morgan fingerprint density at radius 3 is 2.61 bits per heavy atom. The van der Waals surface area contributed by atoms with Crippen LogP contribution in [0.15, 0.2) is 42.5 Å². The van der Waals surface area contributed by atoms with E-state index in [-0.39, 0.29) is 0 Å². The van der Waals surface area contributed by atoms with Gasteiger partial charge in [-0.05, 0) is 42.7 Å². The second-order valence-electron chi connectivity index (χ2n) is 4.30. The van der Waals surface area contributed by atoms with E-state index in [0.29, 0.717) is 5.56 Å². The van der Waals surface area contributed by atoms with E-state index >= 15 is 0 Å². The van der Waals surface area contributed by atoms with E-state index in [1.54, 1.807) is 0 Å². The molecule has 2 aromatic rings. The normalized spacial score (nSPS) is 9.83. The van der Waals surface area contributed by atoms with Gasteiger partial charge in [0.25, 0.3) is 0 Å². The Labute approximate surface area is 108 Å². The highest BCUT2D eigenvalue weighted by molar-refractivity contribution is 5.69. The van der Waals surface area contributed by atoms with Crippen LogP contribution in [0.5, 0.6) is 0 Å². The van der Waals surface area contributed by atoms with Gasteiger partial charge >= 0.3 is 0 Å². The first-order valence-corrected chi connectivity index (χ1v) is 6.10. The molecule has 0 aliphatic heterocycles. The molecule has 0 bridgehead atoms. The minimum Gasteiger partial charge on any atom is -0.354 e. The lowest BCUT2D eigenvalue weighted by Gasteiger charge is -2.12. The molecule has 1 N–H and O–H groups in total. The van der Waals surface area contributed by atoms with Gasteiger partial charge in [-0.3, -0.25) is 0 Å². The van der Waals surface area contributed by atoms with Crippen molar-refractivity contribution in [1.82, 2.24) is 0 Å². The zero-order valence-corrected chi connectivity index (χ0v) is 10.7. The van der Waals surface area contributed by atoms with Crippen LogP contribution in [0.25, 0.3) is 0 Å². The molecule has 0 fully saturated rings. The van der Waals surface area contributed by atoms with Gasteiger partial charge in [-0.1, -0.05) is 31.2 Å². The van der Waals surface area contributed by atoms with Crippen LogP contribution in [-0.2, 0) is 6.42 Å². The van der Waals surface area contributed by atoms with E-state index in [2.05, 4.69) is 24.4 Å². The van der Waals surface area contributed by atoms with E-state index in [0.717, 1.165) is 23.4 Å². The highest BCUT2D eigenvalue weighted by Crippen LogP contribution is 2.24. The smallest absolute Gasteiger partial charge is 0.101 e. The van der Waals surface area contributed by atoms with Crippen molar-refractivity contribution in [3.63, 3.8) is 0 Å². The summed E-state index contributed by atoms with van der Waals surface area (Å²) in [5.74, 6) is 0. The summed E-state index contributed by atoms with van der Waals surface area (Å²) in [5.41, 5.74) is 5.01. The molecular weight excluding hydrogens is 220 g/mol. The van der Waals surface area contributed by atoms with Crippen molar-refractivity contribution in [3.05, 3.63) is 59.2 Å². The first kappa shape index (κ1) is 12.2. The standard InChI is InChI=1S/C16H16N2/c1-3-13-6-4-5-7-15(13)18-16-10-12(2)8-9-14(16)11-17/h4-10,18H,3H2,1-2H3. The zero-order chi connectivity index (χ0) is 13.0. The van der Waals surface area contributed by atoms with Crippen molar-refractivity contribution in [3.8, 4) is 6.07 Å². The molecule has 18 heavy (non-hydrogen) atoms. The SMILES string of the molecule is CCc1ccccc1Nc1cc(C)ccc1C#N. The van der Waals surface area contributed by atoms with Gasteiger partial charge in [0.1, 0.15) is 6.07 Å². The van der Waals surface area contributed by atoms with Crippen LogP contribution >= 0.6 is 0 Å². The first-order valence-electron chi connectivity index (χ1n) is 6.10. The molecule has 0 aliphatic carbocycles. The minimum atomic E-state index is 0.673. The number of para-hydroxylation sites is 1. The summed E-state index contributed by atoms with van der Waals surface area (Å²) < 4.78 is 0. The second-order valence-corrected chi connectivity index (χ2v) is 4.30. The molecule has 2 nitrogen and oxygen atoms in total. The average Bonchev–Trinajstić information content (AvgIpc) is 2.40. The molecule has 0 spiro atoms. The summed E-state index contributed by atoms with van der Waals surface area (Å²) in [6.07, 6.45) is 0.969. The number of anilines is 2. The molecule has 0 saturated carbocycles. The van der Waals surface area contributed by atoms with Gasteiger partial charge in [-0.15, -0.1) is 0 Å². The Bertz CT molecular complexity index is 594. The largest absolute Gasteiger partial charge is 0.354 e. The third-order valence-corrected chi connectivity index (χ3v) is 2.96. The van der Waals surface area contributed by atoms with Gasteiger partial charge in [0.05, 0.1) is 11.3 Å². The Morgan fingerprint density at radius 1 is 1.11 bits per heavy atom. The highest BCUT2D eigenvalue weighted by Gasteiger charge is 2.05. The Kier molecular flexibility index (Phi) is 3.64. The lowest BCUT2D eigenvalue weighted by molar-refractivity contribution is 1.14. The van der Waals surface area contributed by atoms with Gasteiger partial charge < -0.3 is 5.32 Å². The molecule has 2 heteroatoms. The van der Waals surface area contributed by atoms with Crippen molar-refractivity contribution in [1.29, 1.82) is 5.26 Å². The highest BCUT2D eigenvalue weighted by atomic mass is 14.9. The maximum atomic E-state index is 9.12. The molecule has 90 valence electrons. The lowest BCUT2D eigenvalue weighted by Crippen LogP contribution is -1.97. The fourth-order valence-electron chi connectivity index (χ4n) is 1.95. The van der Waals surface area contributed by atoms with Crippen molar-refractivity contribution in [2.75, 3.05) is 5.32 Å². The summed E-state index contributed by atoms with van der Waals surface area (Å²) in [7, 11) is 0. The van der Waals surface area contributed by atoms with Crippen LogP contribution < -0.4 is 5.32 Å². The van der Waals surface area contributed by atoms with Crippen LogP contribution in [0.1, 0.15) is 23.6 Å². The first-order chi connectivity index (χ1) is 8.74. The molecular formula is C16H16N2. The molecule has 0 unspecified atom stereocenters. The number of benzene rings is 2. The number of aryl methyl sites for hydroxylation is 2. The third-order valence-electron chi connectivity index (χ3n) is 2.96. The molecule has 0 amide bonds. The molecule has 2 aromatic carbocycles. The molecule has 0 aliphatic rings. The summed E-state index contributed by atoms with van der Waals surface area (Å²) in [6, 6.07) is 16.2. The summed E-state index contributed by atoms with van der Waals surface area (Å²) >= 11 is 0. The molecule has 2 rings (SSSR count). The molecule has 0 atom stereocenters. The number of hydrogen-bond donors (Lipinski definition) is 1. The van der Waals surface area contributed by atoms with E-state index in [4.69, 9.17) is 5.26 Å². The minimum absolute atomic E-state index is 0.673. The average molecular weight is 236 g/mol. The molecule has 0 radical (unpaired) electrons. The van der Waals surface area contributed by atoms with Crippen LogP contribution in [0.3, 0.4) is 0 Å². The van der Waals surface area contributed by atoms with Gasteiger partial charge in [-0.2, -0.15) is 5.26 Å². The topological polar surface area (TPSA) is 35.8 Å². The maximum Gasteiger partial charge on any atom is 0.101 e. The number of rotatable bonds is 3. The summed E-state index contributed by atoms with van der Waals surface area (Å²) in [5, 5.41) is 12.5. The molecule has 0 aromatic heterocycles. The number of hydrogen-bond acceptors (Lipinski definition) is 2. The van der Waals surface area contributed by atoms with Crippen LogP contribution in [0.2, 0.25) is 0 Å². The van der Waals surface area contributed by atoms with E-state index in [1.807, 2.05) is 43.3 Å². The zero-order valence-electron chi connectivity index (χ0n) is 10.7. The number of nitrogens with one attached hydrogen (secondary N) is 1. The van der Waals surface area contributed by atoms with E-state index in [1.165, 1.54) is 5.56 Å². The number of nitrogens with zero attached hydrogens (tertiary/aromatic N) is 1. The van der Waals surface area contributed by atoms with Crippen molar-refractivity contribution in [2.24, 2.45) is 0 Å². The van der Waals surface area contributed by atoms with E-state index in [9.17, 15) is 0 Å². The van der Waals surface area contributed by atoms with Gasteiger partial charge in [0, 0.05) is 5.69 Å². The summed E-state index contributed by atoms with van der Waals surface area (Å²) in [4.78, 5) is 0. The lowest BCUT2D eigenvalue weighted by atomic mass is 10.1. The Hall–Kier alpha value is -2.27. The third kappa shape index (κ3) is 2.52.